The van der Waals surface area contributed by atoms with Gasteiger partial charge in [0.05, 0.1) is 10.0 Å². The summed E-state index contributed by atoms with van der Waals surface area (Å²) in [5.41, 5.74) is 2.71. The molecule has 0 radical (unpaired) electrons. The van der Waals surface area contributed by atoms with Crippen molar-refractivity contribution in [2.45, 2.75) is 13.8 Å². The van der Waals surface area contributed by atoms with Gasteiger partial charge in [-0.25, -0.2) is 0 Å². The maximum Gasteiger partial charge on any atom is 0.153 e. The number of ether oxygens (including phenoxy) is 2. The molecule has 0 unspecified atom stereocenters. The van der Waals surface area contributed by atoms with Gasteiger partial charge in [0.25, 0.3) is 0 Å². The van der Waals surface area contributed by atoms with E-state index in [4.69, 9.17) is 21.1 Å². The number of halogens is 2. The first-order valence-corrected chi connectivity index (χ1v) is 7.96. The van der Waals surface area contributed by atoms with E-state index in [1.165, 1.54) is 5.56 Å². The van der Waals surface area contributed by atoms with Gasteiger partial charge < -0.3 is 9.47 Å². The Morgan fingerprint density at radius 1 is 1.18 bits per heavy atom. The van der Waals surface area contributed by atoms with E-state index in [9.17, 15) is 4.79 Å². The fraction of sp³-hybridized carbons (Fsp3) is 0.235. The van der Waals surface area contributed by atoms with Gasteiger partial charge in [0.1, 0.15) is 24.7 Å². The van der Waals surface area contributed by atoms with Crippen LogP contribution in [0.3, 0.4) is 0 Å². The highest BCUT2D eigenvalue weighted by atomic mass is 79.9. The molecule has 0 aliphatic heterocycles. The third-order valence-corrected chi connectivity index (χ3v) is 4.11. The number of aryl methyl sites for hydroxylation is 1. The highest BCUT2D eigenvalue weighted by Crippen LogP contribution is 2.31. The summed E-state index contributed by atoms with van der Waals surface area (Å²) in [5.74, 6) is 1.32. The van der Waals surface area contributed by atoms with E-state index >= 15 is 0 Å². The average molecular weight is 384 g/mol. The lowest BCUT2D eigenvalue weighted by Crippen LogP contribution is -2.11. The van der Waals surface area contributed by atoms with Crippen LogP contribution in [-0.2, 0) is 0 Å². The van der Waals surface area contributed by atoms with Crippen LogP contribution in [0.25, 0.3) is 0 Å². The monoisotopic (exact) mass is 382 g/mol. The molecule has 0 saturated heterocycles. The molecule has 2 aromatic rings. The Kier molecular flexibility index (Phi) is 5.86. The molecule has 0 fully saturated rings. The quantitative estimate of drug-likeness (QED) is 0.521. The van der Waals surface area contributed by atoms with E-state index in [1.807, 2.05) is 32.0 Å². The predicted molar refractivity (Wildman–Crippen MR) is 91.4 cm³/mol. The molecule has 0 aliphatic carbocycles. The highest BCUT2D eigenvalue weighted by Gasteiger charge is 2.10. The van der Waals surface area contributed by atoms with E-state index in [0.717, 1.165) is 17.6 Å². The minimum atomic E-state index is 0.328. The summed E-state index contributed by atoms with van der Waals surface area (Å²) in [5, 5.41) is 0.480. The van der Waals surface area contributed by atoms with Crippen LogP contribution < -0.4 is 9.47 Å². The molecular weight excluding hydrogens is 368 g/mol. The van der Waals surface area contributed by atoms with E-state index in [0.29, 0.717) is 34.0 Å². The lowest BCUT2D eigenvalue weighted by atomic mass is 10.1. The van der Waals surface area contributed by atoms with E-state index in [1.54, 1.807) is 12.1 Å². The number of rotatable bonds is 6. The SMILES string of the molecule is Cc1cccc(OCCOc2c(Br)cc(Cl)cc2C=O)c1C. The Morgan fingerprint density at radius 3 is 2.64 bits per heavy atom. The molecular formula is C17H16BrClO3. The number of carbonyl (C=O) groups excluding carboxylic acids is 1. The van der Waals surface area contributed by atoms with Gasteiger partial charge in [-0.15, -0.1) is 0 Å². The third kappa shape index (κ3) is 4.02. The first kappa shape index (κ1) is 16.8. The van der Waals surface area contributed by atoms with Crippen LogP contribution >= 0.6 is 27.5 Å². The van der Waals surface area contributed by atoms with Gasteiger partial charge in [-0.2, -0.15) is 0 Å². The maximum absolute atomic E-state index is 11.1. The zero-order valence-electron chi connectivity index (χ0n) is 12.4. The summed E-state index contributed by atoms with van der Waals surface area (Å²) < 4.78 is 12.0. The number of carbonyl (C=O) groups is 1. The number of hydrogen-bond donors (Lipinski definition) is 0. The van der Waals surface area contributed by atoms with Gasteiger partial charge in [-0.3, -0.25) is 4.79 Å². The standard InChI is InChI=1S/C17H16BrClO3/c1-11-4-3-5-16(12(11)2)21-6-7-22-17-13(10-20)8-14(19)9-15(17)18/h3-5,8-10H,6-7H2,1-2H3. The van der Waals surface area contributed by atoms with Crippen molar-refractivity contribution in [3.05, 3.63) is 56.5 Å². The highest BCUT2D eigenvalue weighted by molar-refractivity contribution is 9.10. The third-order valence-electron chi connectivity index (χ3n) is 3.31. The van der Waals surface area contributed by atoms with Crippen LogP contribution in [-0.4, -0.2) is 19.5 Å². The summed E-state index contributed by atoms with van der Waals surface area (Å²) in [6.45, 7) is 4.78. The summed E-state index contributed by atoms with van der Waals surface area (Å²) in [6.07, 6.45) is 0.720. The average Bonchev–Trinajstić information content (AvgIpc) is 2.48. The van der Waals surface area contributed by atoms with Crippen molar-refractivity contribution in [3.63, 3.8) is 0 Å². The molecule has 0 saturated carbocycles. The Hall–Kier alpha value is -1.52. The number of benzene rings is 2. The number of aldehydes is 1. The summed E-state index contributed by atoms with van der Waals surface area (Å²) in [7, 11) is 0. The molecule has 0 aromatic heterocycles. The maximum atomic E-state index is 11.1. The summed E-state index contributed by atoms with van der Waals surface area (Å²) >= 11 is 9.25. The molecule has 0 amide bonds. The van der Waals surface area contributed by atoms with Crippen molar-refractivity contribution in [2.75, 3.05) is 13.2 Å². The van der Waals surface area contributed by atoms with Gasteiger partial charge in [-0.1, -0.05) is 23.7 Å². The van der Waals surface area contributed by atoms with Crippen molar-refractivity contribution in [1.29, 1.82) is 0 Å². The molecule has 2 rings (SSSR count). The molecule has 22 heavy (non-hydrogen) atoms. The Bertz CT molecular complexity index is 686. The van der Waals surface area contributed by atoms with Crippen LogP contribution in [0.4, 0.5) is 0 Å². The second-order valence-corrected chi connectivity index (χ2v) is 6.11. The fourth-order valence-corrected chi connectivity index (χ4v) is 2.94. The van der Waals surface area contributed by atoms with Gasteiger partial charge in [-0.05, 0) is 59.1 Å². The van der Waals surface area contributed by atoms with Gasteiger partial charge in [0.15, 0.2) is 6.29 Å². The van der Waals surface area contributed by atoms with Crippen LogP contribution in [0, 0.1) is 13.8 Å². The van der Waals surface area contributed by atoms with Gasteiger partial charge in [0, 0.05) is 5.02 Å². The smallest absolute Gasteiger partial charge is 0.153 e. The molecule has 0 atom stereocenters. The molecule has 0 aliphatic rings. The van der Waals surface area contributed by atoms with Crippen LogP contribution in [0.15, 0.2) is 34.8 Å². The number of hydrogen-bond acceptors (Lipinski definition) is 3. The van der Waals surface area contributed by atoms with Crippen molar-refractivity contribution in [1.82, 2.24) is 0 Å². The molecule has 0 N–H and O–H groups in total. The normalized spacial score (nSPS) is 10.4. The van der Waals surface area contributed by atoms with Crippen molar-refractivity contribution >= 4 is 33.8 Å². The second-order valence-electron chi connectivity index (χ2n) is 4.82. The van der Waals surface area contributed by atoms with Crippen LogP contribution in [0.5, 0.6) is 11.5 Å². The van der Waals surface area contributed by atoms with Crippen molar-refractivity contribution in [2.24, 2.45) is 0 Å². The van der Waals surface area contributed by atoms with Crippen LogP contribution in [0.1, 0.15) is 21.5 Å². The van der Waals surface area contributed by atoms with Crippen molar-refractivity contribution < 1.29 is 14.3 Å². The first-order valence-electron chi connectivity index (χ1n) is 6.79. The summed E-state index contributed by atoms with van der Waals surface area (Å²) in [6, 6.07) is 9.19. The Morgan fingerprint density at radius 2 is 1.91 bits per heavy atom. The minimum absolute atomic E-state index is 0.328. The molecule has 0 heterocycles. The van der Waals surface area contributed by atoms with Crippen LogP contribution in [0.2, 0.25) is 5.02 Å². The van der Waals surface area contributed by atoms with E-state index in [-0.39, 0.29) is 0 Å². The zero-order chi connectivity index (χ0) is 16.1. The molecule has 0 bridgehead atoms. The van der Waals surface area contributed by atoms with Crippen molar-refractivity contribution in [3.8, 4) is 11.5 Å². The Labute approximate surface area is 143 Å². The molecule has 2 aromatic carbocycles. The minimum Gasteiger partial charge on any atom is -0.490 e. The van der Waals surface area contributed by atoms with Gasteiger partial charge in [0.2, 0.25) is 0 Å². The molecule has 0 spiro atoms. The molecule has 5 heteroatoms. The largest absolute Gasteiger partial charge is 0.490 e. The summed E-state index contributed by atoms with van der Waals surface area (Å²) in [4.78, 5) is 11.1. The molecule has 116 valence electrons. The Balaban J connectivity index is 1.97. The van der Waals surface area contributed by atoms with E-state index < -0.39 is 0 Å². The van der Waals surface area contributed by atoms with E-state index in [2.05, 4.69) is 15.9 Å². The van der Waals surface area contributed by atoms with Gasteiger partial charge >= 0.3 is 0 Å². The fourth-order valence-electron chi connectivity index (χ4n) is 2.00. The predicted octanol–water partition coefficient (Wildman–Crippen LogP) is 4.99. The zero-order valence-corrected chi connectivity index (χ0v) is 14.7. The lowest BCUT2D eigenvalue weighted by molar-refractivity contribution is 0.111. The first-order chi connectivity index (χ1) is 10.5. The topological polar surface area (TPSA) is 35.5 Å². The molecule has 3 nitrogen and oxygen atoms in total. The lowest BCUT2D eigenvalue weighted by Gasteiger charge is -2.13. The second kappa shape index (κ2) is 7.65.